The Hall–Kier alpha value is -4.14. The molecule has 9 heteroatoms. The summed E-state index contributed by atoms with van der Waals surface area (Å²) in [7, 11) is -4.20. The van der Waals surface area contributed by atoms with Gasteiger partial charge in [0, 0.05) is 24.5 Å². The number of unbranched alkanes of at least 4 members (excludes halogenated alkanes) is 1. The summed E-state index contributed by atoms with van der Waals surface area (Å²) in [6.07, 6.45) is 1.96. The summed E-state index contributed by atoms with van der Waals surface area (Å²) >= 11 is 6.45. The monoisotopic (exact) mass is 645 g/mol. The van der Waals surface area contributed by atoms with Crippen LogP contribution in [-0.4, -0.2) is 44.3 Å². The molecule has 236 valence electrons. The Bertz CT molecular complexity index is 1680. The summed E-state index contributed by atoms with van der Waals surface area (Å²) in [4.78, 5) is 29.9. The summed E-state index contributed by atoms with van der Waals surface area (Å²) < 4.78 is 29.4. The average Bonchev–Trinajstić information content (AvgIpc) is 3.04. The van der Waals surface area contributed by atoms with Gasteiger partial charge in [0.2, 0.25) is 11.8 Å². The van der Waals surface area contributed by atoms with Crippen molar-refractivity contribution in [3.63, 3.8) is 0 Å². The molecule has 4 aromatic rings. The van der Waals surface area contributed by atoms with Crippen LogP contribution in [0.4, 0.5) is 5.69 Å². The molecule has 45 heavy (non-hydrogen) atoms. The predicted molar refractivity (Wildman–Crippen MR) is 181 cm³/mol. The minimum absolute atomic E-state index is 0.0420. The number of amides is 2. The number of anilines is 1. The lowest BCUT2D eigenvalue weighted by Gasteiger charge is -2.34. The molecule has 0 bridgehead atoms. The van der Waals surface area contributed by atoms with Gasteiger partial charge in [0.1, 0.15) is 12.6 Å². The number of nitrogens with zero attached hydrogens (tertiary/aromatic N) is 2. The lowest BCUT2D eigenvalue weighted by Crippen LogP contribution is -2.53. The maximum absolute atomic E-state index is 14.5. The van der Waals surface area contributed by atoms with Crippen LogP contribution < -0.4 is 9.62 Å². The Morgan fingerprint density at radius 2 is 1.47 bits per heavy atom. The molecule has 1 atom stereocenters. The van der Waals surface area contributed by atoms with E-state index in [1.54, 1.807) is 43.3 Å². The van der Waals surface area contributed by atoms with E-state index in [1.165, 1.54) is 17.0 Å². The van der Waals surface area contributed by atoms with E-state index in [2.05, 4.69) is 5.32 Å². The molecule has 0 aromatic heterocycles. The molecule has 0 saturated heterocycles. The Kier molecular flexibility index (Phi) is 11.8. The highest BCUT2D eigenvalue weighted by molar-refractivity contribution is 7.92. The van der Waals surface area contributed by atoms with Gasteiger partial charge in [-0.15, -0.1) is 0 Å². The summed E-state index contributed by atoms with van der Waals surface area (Å²) in [5.74, 6) is -0.801. The number of nitrogens with one attached hydrogen (secondary N) is 1. The van der Waals surface area contributed by atoms with Gasteiger partial charge < -0.3 is 10.2 Å². The minimum Gasteiger partial charge on any atom is -0.354 e. The van der Waals surface area contributed by atoms with Gasteiger partial charge in [-0.25, -0.2) is 8.42 Å². The van der Waals surface area contributed by atoms with E-state index in [-0.39, 0.29) is 23.8 Å². The van der Waals surface area contributed by atoms with Crippen LogP contribution in [0.25, 0.3) is 0 Å². The first-order valence-electron chi connectivity index (χ1n) is 15.1. The molecule has 4 aromatic carbocycles. The summed E-state index contributed by atoms with van der Waals surface area (Å²) in [5, 5.41) is 3.39. The molecule has 0 fully saturated rings. The Morgan fingerprint density at radius 3 is 2.11 bits per heavy atom. The quantitative estimate of drug-likeness (QED) is 0.155. The van der Waals surface area contributed by atoms with Gasteiger partial charge in [-0.2, -0.15) is 0 Å². The maximum atomic E-state index is 14.5. The van der Waals surface area contributed by atoms with Crippen LogP contribution in [0.2, 0.25) is 5.02 Å². The molecule has 2 amide bonds. The van der Waals surface area contributed by atoms with E-state index >= 15 is 0 Å². The highest BCUT2D eigenvalue weighted by atomic mass is 35.5. The lowest BCUT2D eigenvalue weighted by atomic mass is 10.0. The maximum Gasteiger partial charge on any atom is 0.264 e. The largest absolute Gasteiger partial charge is 0.354 e. The van der Waals surface area contributed by atoms with Crippen LogP contribution in [0, 0.1) is 13.8 Å². The van der Waals surface area contributed by atoms with Gasteiger partial charge in [-0.1, -0.05) is 109 Å². The highest BCUT2D eigenvalue weighted by Gasteiger charge is 2.35. The van der Waals surface area contributed by atoms with E-state index in [4.69, 9.17) is 11.6 Å². The SMILES string of the molecule is CCCCNC(=O)[C@@H](Cc1ccccc1)N(Cc1ccc(C)cc1)C(=O)CN(c1cccc(Cl)c1C)S(=O)(=O)c1ccccc1. The number of benzene rings is 4. The third kappa shape index (κ3) is 8.74. The molecule has 1 N–H and O–H groups in total. The lowest BCUT2D eigenvalue weighted by molar-refractivity contribution is -0.140. The molecule has 4 rings (SSSR count). The van der Waals surface area contributed by atoms with Gasteiger partial charge >= 0.3 is 0 Å². The van der Waals surface area contributed by atoms with Crippen LogP contribution in [0.5, 0.6) is 0 Å². The van der Waals surface area contributed by atoms with Crippen molar-refractivity contribution in [1.82, 2.24) is 10.2 Å². The van der Waals surface area contributed by atoms with Gasteiger partial charge in [0.25, 0.3) is 10.0 Å². The predicted octanol–water partition coefficient (Wildman–Crippen LogP) is 6.71. The number of carbonyl (C=O) groups excluding carboxylic acids is 2. The van der Waals surface area contributed by atoms with Crippen molar-refractivity contribution < 1.29 is 18.0 Å². The zero-order valence-corrected chi connectivity index (χ0v) is 27.5. The Labute approximate surface area is 271 Å². The van der Waals surface area contributed by atoms with Crippen LogP contribution in [-0.2, 0) is 32.6 Å². The van der Waals surface area contributed by atoms with Gasteiger partial charge in [0.15, 0.2) is 0 Å². The van der Waals surface area contributed by atoms with E-state index in [0.717, 1.165) is 33.8 Å². The van der Waals surface area contributed by atoms with Crippen molar-refractivity contribution in [1.29, 1.82) is 0 Å². The first kappa shape index (κ1) is 33.7. The van der Waals surface area contributed by atoms with Crippen molar-refractivity contribution in [3.05, 3.63) is 130 Å². The molecule has 0 aliphatic rings. The van der Waals surface area contributed by atoms with Crippen LogP contribution in [0.15, 0.2) is 108 Å². The van der Waals surface area contributed by atoms with Gasteiger partial charge in [0.05, 0.1) is 10.6 Å². The van der Waals surface area contributed by atoms with E-state index in [0.29, 0.717) is 22.8 Å². The van der Waals surface area contributed by atoms with Crippen molar-refractivity contribution >= 4 is 39.1 Å². The number of rotatable bonds is 14. The van der Waals surface area contributed by atoms with Crippen molar-refractivity contribution in [2.45, 2.75) is 57.5 Å². The molecule has 0 spiro atoms. The van der Waals surface area contributed by atoms with E-state index in [1.807, 2.05) is 68.4 Å². The van der Waals surface area contributed by atoms with E-state index < -0.39 is 28.5 Å². The number of carbonyl (C=O) groups is 2. The molecule has 0 radical (unpaired) electrons. The van der Waals surface area contributed by atoms with Crippen molar-refractivity contribution in [2.75, 3.05) is 17.4 Å². The Morgan fingerprint density at radius 1 is 0.822 bits per heavy atom. The first-order valence-corrected chi connectivity index (χ1v) is 16.9. The second-order valence-corrected chi connectivity index (χ2v) is 13.3. The smallest absolute Gasteiger partial charge is 0.264 e. The average molecular weight is 646 g/mol. The van der Waals surface area contributed by atoms with Gasteiger partial charge in [-0.05, 0) is 61.2 Å². The highest BCUT2D eigenvalue weighted by Crippen LogP contribution is 2.31. The van der Waals surface area contributed by atoms with Crippen molar-refractivity contribution in [3.8, 4) is 0 Å². The third-order valence-electron chi connectivity index (χ3n) is 7.69. The molecule has 0 heterocycles. The molecule has 7 nitrogen and oxygen atoms in total. The standard InChI is InChI=1S/C36H40ClN3O4S/c1-4-5-23-38-36(42)34(24-29-13-8-6-9-14-29)39(25-30-21-19-27(2)20-22-30)35(41)26-40(33-18-12-17-32(37)28(33)3)45(43,44)31-15-10-7-11-16-31/h6-22,34H,4-5,23-26H2,1-3H3,(H,38,42)/t34-/m1/s1. The normalized spacial score (nSPS) is 11.9. The molecule has 0 saturated carbocycles. The van der Waals surface area contributed by atoms with Crippen LogP contribution in [0.3, 0.4) is 0 Å². The molecule has 0 aliphatic heterocycles. The number of hydrogen-bond acceptors (Lipinski definition) is 4. The zero-order valence-electron chi connectivity index (χ0n) is 25.9. The number of aryl methyl sites for hydroxylation is 1. The fourth-order valence-corrected chi connectivity index (χ4v) is 6.71. The fraction of sp³-hybridized carbons (Fsp3) is 0.278. The Balaban J connectivity index is 1.81. The summed E-state index contributed by atoms with van der Waals surface area (Å²) in [5.41, 5.74) is 3.59. The fourth-order valence-electron chi connectivity index (χ4n) is 5.05. The molecular formula is C36H40ClN3O4S. The summed E-state index contributed by atoms with van der Waals surface area (Å²) in [6, 6.07) is 29.3. The number of hydrogen-bond donors (Lipinski definition) is 1. The molecular weight excluding hydrogens is 606 g/mol. The zero-order chi connectivity index (χ0) is 32.4. The topological polar surface area (TPSA) is 86.8 Å². The van der Waals surface area contributed by atoms with Crippen LogP contribution in [0.1, 0.15) is 42.0 Å². The summed E-state index contributed by atoms with van der Waals surface area (Å²) in [6.45, 7) is 5.80. The number of sulfonamides is 1. The first-order chi connectivity index (χ1) is 21.6. The minimum atomic E-state index is -4.20. The second kappa shape index (κ2) is 15.7. The number of halogens is 1. The van der Waals surface area contributed by atoms with Gasteiger partial charge in [-0.3, -0.25) is 13.9 Å². The van der Waals surface area contributed by atoms with Crippen molar-refractivity contribution in [2.24, 2.45) is 0 Å². The second-order valence-electron chi connectivity index (χ2n) is 11.1. The van der Waals surface area contributed by atoms with Crippen LogP contribution >= 0.6 is 11.6 Å². The molecule has 0 aliphatic carbocycles. The van der Waals surface area contributed by atoms with E-state index in [9.17, 15) is 18.0 Å². The third-order valence-corrected chi connectivity index (χ3v) is 9.88. The molecule has 0 unspecified atom stereocenters.